The first-order valence-corrected chi connectivity index (χ1v) is 10.9. The van der Waals surface area contributed by atoms with E-state index in [0.717, 1.165) is 11.1 Å². The molecule has 0 bridgehead atoms. The molecule has 2 aliphatic rings. The third-order valence-corrected chi connectivity index (χ3v) is 6.27. The number of hydrogen-bond donors (Lipinski definition) is 0. The number of benzene rings is 2. The van der Waals surface area contributed by atoms with Gasteiger partial charge in [0.25, 0.3) is 5.89 Å². The van der Waals surface area contributed by atoms with Gasteiger partial charge in [0.2, 0.25) is 5.82 Å². The second-order valence-electron chi connectivity index (χ2n) is 7.27. The van der Waals surface area contributed by atoms with Crippen LogP contribution in [0.5, 0.6) is 5.75 Å². The summed E-state index contributed by atoms with van der Waals surface area (Å²) >= 11 is 1.39. The van der Waals surface area contributed by atoms with Crippen LogP contribution in [0, 0.1) is 0 Å². The highest BCUT2D eigenvalue weighted by Gasteiger charge is 2.49. The molecule has 1 aromatic heterocycles. The van der Waals surface area contributed by atoms with Gasteiger partial charge in [-0.25, -0.2) is 4.79 Å². The Morgan fingerprint density at radius 1 is 1.16 bits per heavy atom. The quantitative estimate of drug-likeness (QED) is 0.535. The van der Waals surface area contributed by atoms with Gasteiger partial charge in [0.1, 0.15) is 18.0 Å². The highest BCUT2D eigenvalue weighted by molar-refractivity contribution is 8.04. The van der Waals surface area contributed by atoms with Crippen molar-refractivity contribution in [1.29, 1.82) is 0 Å². The van der Waals surface area contributed by atoms with Gasteiger partial charge in [0.05, 0.1) is 7.11 Å². The Hall–Kier alpha value is -3.72. The number of imide groups is 1. The van der Waals surface area contributed by atoms with Crippen LogP contribution in [0.15, 0.2) is 70.6 Å². The summed E-state index contributed by atoms with van der Waals surface area (Å²) in [6.07, 6.45) is 1.80. The van der Waals surface area contributed by atoms with Crippen molar-refractivity contribution in [1.82, 2.24) is 15.0 Å². The van der Waals surface area contributed by atoms with Crippen molar-refractivity contribution in [2.75, 3.05) is 7.11 Å². The third kappa shape index (κ3) is 3.71. The van der Waals surface area contributed by atoms with E-state index in [9.17, 15) is 9.59 Å². The van der Waals surface area contributed by atoms with E-state index >= 15 is 0 Å². The summed E-state index contributed by atoms with van der Waals surface area (Å²) < 4.78 is 12.2. The minimum Gasteiger partial charge on any atom is -0.497 e. The molecule has 1 unspecified atom stereocenters. The van der Waals surface area contributed by atoms with Crippen LogP contribution in [0.2, 0.25) is 0 Å². The maximum atomic E-state index is 13.3. The number of urea groups is 1. The van der Waals surface area contributed by atoms with Crippen LogP contribution >= 0.6 is 11.8 Å². The maximum absolute atomic E-state index is 13.3. The fraction of sp³-hybridized carbons (Fsp3) is 0.174. The lowest BCUT2D eigenvalue weighted by Crippen LogP contribution is -2.54. The molecule has 0 spiro atoms. The van der Waals surface area contributed by atoms with Crippen molar-refractivity contribution in [2.24, 2.45) is 0 Å². The van der Waals surface area contributed by atoms with E-state index in [1.807, 2.05) is 60.0 Å². The van der Waals surface area contributed by atoms with Gasteiger partial charge in [-0.1, -0.05) is 47.6 Å². The lowest BCUT2D eigenvalue weighted by Gasteiger charge is -2.23. The molecule has 3 heterocycles. The molecule has 0 aliphatic carbocycles. The SMILES string of the molecule is COc1cccc(-c2noc(C[N+]3=C4C=CSC4C(=O)N(Cc4ccccc4)C3=O)n2)c1. The normalized spacial score (nSPS) is 17.8. The maximum Gasteiger partial charge on any atom is 0.501 e. The summed E-state index contributed by atoms with van der Waals surface area (Å²) in [6, 6.07) is 16.4. The van der Waals surface area contributed by atoms with Gasteiger partial charge in [-0.3, -0.25) is 0 Å². The number of nitrogens with zero attached hydrogens (tertiary/aromatic N) is 4. The van der Waals surface area contributed by atoms with E-state index in [1.54, 1.807) is 13.2 Å². The number of carbonyl (C=O) groups is 2. The average molecular weight is 447 g/mol. The molecule has 3 aromatic rings. The molecule has 32 heavy (non-hydrogen) atoms. The Kier molecular flexibility index (Phi) is 5.32. The van der Waals surface area contributed by atoms with Gasteiger partial charge in [0.15, 0.2) is 11.8 Å². The first-order valence-electron chi connectivity index (χ1n) is 9.96. The molecule has 0 N–H and O–H groups in total. The zero-order chi connectivity index (χ0) is 22.1. The standard InChI is InChI=1S/C23H19N4O4S/c1-30-17-9-5-8-16(12-17)21-24-19(31-25-21)14-26-18-10-11-32-20(18)22(28)27(23(26)29)13-15-6-3-2-4-7-15/h2-12,20H,13-14H2,1H3/q+1. The van der Waals surface area contributed by atoms with Gasteiger partial charge in [0, 0.05) is 5.56 Å². The van der Waals surface area contributed by atoms with E-state index in [0.29, 0.717) is 17.3 Å². The van der Waals surface area contributed by atoms with E-state index < -0.39 is 11.3 Å². The van der Waals surface area contributed by atoms with Gasteiger partial charge >= 0.3 is 11.9 Å². The largest absolute Gasteiger partial charge is 0.501 e. The predicted molar refractivity (Wildman–Crippen MR) is 118 cm³/mol. The lowest BCUT2D eigenvalue weighted by atomic mass is 10.1. The second kappa shape index (κ2) is 8.43. The monoisotopic (exact) mass is 447 g/mol. The molecule has 3 amide bonds. The molecule has 0 saturated carbocycles. The zero-order valence-electron chi connectivity index (χ0n) is 17.2. The number of methoxy groups -OCH3 is 1. The molecule has 2 aliphatic heterocycles. The first-order chi connectivity index (χ1) is 15.6. The summed E-state index contributed by atoms with van der Waals surface area (Å²) in [7, 11) is 1.59. The Morgan fingerprint density at radius 2 is 2.00 bits per heavy atom. The van der Waals surface area contributed by atoms with Crippen LogP contribution in [0.1, 0.15) is 11.5 Å². The summed E-state index contributed by atoms with van der Waals surface area (Å²) in [5, 5.41) is 5.42. The summed E-state index contributed by atoms with van der Waals surface area (Å²) in [6.45, 7) is 0.281. The third-order valence-electron chi connectivity index (χ3n) is 5.26. The van der Waals surface area contributed by atoms with Crippen molar-refractivity contribution in [3.05, 3.63) is 77.5 Å². The van der Waals surface area contributed by atoms with Crippen LogP contribution in [-0.4, -0.2) is 49.6 Å². The highest BCUT2D eigenvalue weighted by Crippen LogP contribution is 2.29. The Morgan fingerprint density at radius 3 is 2.81 bits per heavy atom. The van der Waals surface area contributed by atoms with Gasteiger partial charge < -0.3 is 9.26 Å². The molecule has 8 nitrogen and oxygen atoms in total. The van der Waals surface area contributed by atoms with Gasteiger partial charge in [-0.15, -0.1) is 11.8 Å². The molecule has 0 saturated heterocycles. The fourth-order valence-corrected chi connectivity index (χ4v) is 4.62. The van der Waals surface area contributed by atoms with Crippen molar-refractivity contribution < 1.29 is 23.4 Å². The number of fused-ring (bicyclic) bond motifs is 1. The number of thioether (sulfide) groups is 1. The number of ether oxygens (including phenoxy) is 1. The first kappa shape index (κ1) is 20.2. The fourth-order valence-electron chi connectivity index (χ4n) is 3.66. The number of hydrogen-bond acceptors (Lipinski definition) is 7. The minimum atomic E-state index is -0.461. The molecular weight excluding hydrogens is 428 g/mol. The van der Waals surface area contributed by atoms with Crippen LogP contribution in [-0.2, 0) is 17.9 Å². The van der Waals surface area contributed by atoms with E-state index in [4.69, 9.17) is 9.26 Å². The number of allylic oxidation sites excluding steroid dienone is 1. The van der Waals surface area contributed by atoms with Crippen LogP contribution < -0.4 is 4.74 Å². The summed E-state index contributed by atoms with van der Waals surface area (Å²) in [5.74, 6) is 1.14. The lowest BCUT2D eigenvalue weighted by molar-refractivity contribution is -0.458. The number of amides is 3. The number of carbonyl (C=O) groups excluding carboxylic acids is 2. The number of aromatic nitrogens is 2. The minimum absolute atomic E-state index is 0.0745. The zero-order valence-corrected chi connectivity index (χ0v) is 18.0. The smallest absolute Gasteiger partial charge is 0.497 e. The Balaban J connectivity index is 1.44. The molecular formula is C23H19N4O4S+. The molecule has 1 atom stereocenters. The van der Waals surface area contributed by atoms with Gasteiger partial charge in [-0.2, -0.15) is 19.3 Å². The van der Waals surface area contributed by atoms with Crippen molar-refractivity contribution >= 4 is 29.4 Å². The molecule has 2 aromatic carbocycles. The summed E-state index contributed by atoms with van der Waals surface area (Å²) in [5.41, 5.74) is 2.26. The van der Waals surface area contributed by atoms with Crippen LogP contribution in [0.3, 0.4) is 0 Å². The topological polar surface area (TPSA) is 88.5 Å². The van der Waals surface area contributed by atoms with Crippen molar-refractivity contribution in [2.45, 2.75) is 18.3 Å². The predicted octanol–water partition coefficient (Wildman–Crippen LogP) is 3.49. The highest BCUT2D eigenvalue weighted by atomic mass is 32.2. The molecule has 160 valence electrons. The van der Waals surface area contributed by atoms with E-state index in [-0.39, 0.29) is 24.9 Å². The summed E-state index contributed by atoms with van der Waals surface area (Å²) in [4.78, 5) is 32.0. The van der Waals surface area contributed by atoms with Crippen molar-refractivity contribution in [3.8, 4) is 17.1 Å². The Labute approximate surface area is 188 Å². The molecule has 0 fully saturated rings. The van der Waals surface area contributed by atoms with Crippen LogP contribution in [0.25, 0.3) is 11.4 Å². The van der Waals surface area contributed by atoms with Crippen molar-refractivity contribution in [3.63, 3.8) is 0 Å². The number of rotatable bonds is 6. The second-order valence-corrected chi connectivity index (χ2v) is 8.28. The molecule has 0 radical (unpaired) electrons. The molecule has 9 heteroatoms. The van der Waals surface area contributed by atoms with Gasteiger partial charge in [-0.05, 0) is 29.2 Å². The Bertz CT molecular complexity index is 1250. The van der Waals surface area contributed by atoms with E-state index in [1.165, 1.54) is 21.2 Å². The van der Waals surface area contributed by atoms with Crippen LogP contribution in [0.4, 0.5) is 4.79 Å². The van der Waals surface area contributed by atoms with E-state index in [2.05, 4.69) is 10.1 Å². The average Bonchev–Trinajstić information content (AvgIpc) is 3.50. The molecule has 5 rings (SSSR count).